The van der Waals surface area contributed by atoms with Crippen molar-refractivity contribution >= 4 is 58.2 Å². The van der Waals surface area contributed by atoms with E-state index in [0.717, 1.165) is 0 Å². The molecule has 0 radical (unpaired) electrons. The number of hydrogen-bond donors (Lipinski definition) is 2. The molecule has 2 aromatic rings. The van der Waals surface area contributed by atoms with E-state index in [9.17, 15) is 9.59 Å². The van der Waals surface area contributed by atoms with Crippen LogP contribution in [0, 0.1) is 0 Å². The average molecular weight is 413 g/mol. The number of amides is 2. The van der Waals surface area contributed by atoms with Gasteiger partial charge in [-0.15, -0.1) is 11.8 Å². The van der Waals surface area contributed by atoms with Gasteiger partial charge in [0.25, 0.3) is 0 Å². The Labute approximate surface area is 166 Å². The SMILES string of the molecule is COc1ccccc1NC(=O)CSC(C)C(=O)Nc1cc(Cl)ccc1Cl. The Bertz CT molecular complexity index is 802. The second-order valence-electron chi connectivity index (χ2n) is 5.32. The number of anilines is 2. The van der Waals surface area contributed by atoms with Gasteiger partial charge in [-0.2, -0.15) is 0 Å². The lowest BCUT2D eigenvalue weighted by Gasteiger charge is -2.14. The van der Waals surface area contributed by atoms with Gasteiger partial charge in [0.1, 0.15) is 5.75 Å². The quantitative estimate of drug-likeness (QED) is 0.691. The summed E-state index contributed by atoms with van der Waals surface area (Å²) in [6.07, 6.45) is 0. The van der Waals surface area contributed by atoms with Crippen molar-refractivity contribution < 1.29 is 14.3 Å². The molecule has 1 atom stereocenters. The lowest BCUT2D eigenvalue weighted by atomic mass is 10.3. The largest absolute Gasteiger partial charge is 0.495 e. The van der Waals surface area contributed by atoms with Gasteiger partial charge in [-0.3, -0.25) is 9.59 Å². The minimum atomic E-state index is -0.450. The maximum absolute atomic E-state index is 12.3. The van der Waals surface area contributed by atoms with E-state index in [4.69, 9.17) is 27.9 Å². The van der Waals surface area contributed by atoms with E-state index in [0.29, 0.717) is 27.2 Å². The van der Waals surface area contributed by atoms with Gasteiger partial charge >= 0.3 is 0 Å². The first-order valence-electron chi connectivity index (χ1n) is 7.71. The Kier molecular flexibility index (Phi) is 7.63. The first-order chi connectivity index (χ1) is 12.4. The van der Waals surface area contributed by atoms with Gasteiger partial charge in [0.2, 0.25) is 11.8 Å². The van der Waals surface area contributed by atoms with Gasteiger partial charge in [-0.05, 0) is 37.3 Å². The molecule has 0 bridgehead atoms. The summed E-state index contributed by atoms with van der Waals surface area (Å²) in [6, 6.07) is 11.9. The molecule has 2 aromatic carbocycles. The molecule has 2 N–H and O–H groups in total. The molecule has 26 heavy (non-hydrogen) atoms. The van der Waals surface area contributed by atoms with E-state index in [1.54, 1.807) is 43.3 Å². The Morgan fingerprint density at radius 2 is 1.85 bits per heavy atom. The molecular formula is C18H18Cl2N2O3S. The molecule has 0 saturated carbocycles. The minimum absolute atomic E-state index is 0.121. The number of para-hydroxylation sites is 2. The van der Waals surface area contributed by atoms with Gasteiger partial charge < -0.3 is 15.4 Å². The van der Waals surface area contributed by atoms with Crippen LogP contribution in [0.1, 0.15) is 6.92 Å². The molecule has 0 heterocycles. The van der Waals surface area contributed by atoms with E-state index in [1.807, 2.05) is 6.07 Å². The highest BCUT2D eigenvalue weighted by Crippen LogP contribution is 2.27. The van der Waals surface area contributed by atoms with Gasteiger partial charge in [0.15, 0.2) is 0 Å². The van der Waals surface area contributed by atoms with Crippen LogP contribution >= 0.6 is 35.0 Å². The number of ether oxygens (including phenoxy) is 1. The smallest absolute Gasteiger partial charge is 0.237 e. The standard InChI is InChI=1S/C18H18Cl2N2O3S/c1-11(18(24)22-15-9-12(19)7-8-13(15)20)26-10-17(23)21-14-5-3-4-6-16(14)25-2/h3-9,11H,10H2,1-2H3,(H,21,23)(H,22,24). The normalized spacial score (nSPS) is 11.5. The molecule has 0 fully saturated rings. The first kappa shape index (κ1) is 20.4. The lowest BCUT2D eigenvalue weighted by molar-refractivity contribution is -0.115. The zero-order chi connectivity index (χ0) is 19.1. The van der Waals surface area contributed by atoms with Crippen LogP contribution in [0.2, 0.25) is 10.0 Å². The highest BCUT2D eigenvalue weighted by molar-refractivity contribution is 8.01. The lowest BCUT2D eigenvalue weighted by Crippen LogP contribution is -2.25. The molecule has 0 aliphatic rings. The van der Waals surface area contributed by atoms with Crippen LogP contribution in [0.3, 0.4) is 0 Å². The summed E-state index contributed by atoms with van der Waals surface area (Å²) in [5.41, 5.74) is 1.03. The second-order valence-corrected chi connectivity index (χ2v) is 7.49. The van der Waals surface area contributed by atoms with E-state index in [-0.39, 0.29) is 17.6 Å². The molecule has 2 amide bonds. The van der Waals surface area contributed by atoms with Crippen LogP contribution in [-0.2, 0) is 9.59 Å². The van der Waals surface area contributed by atoms with Crippen molar-refractivity contribution in [2.24, 2.45) is 0 Å². The van der Waals surface area contributed by atoms with Gasteiger partial charge in [0.05, 0.1) is 34.5 Å². The van der Waals surface area contributed by atoms with Crippen LogP contribution in [0.4, 0.5) is 11.4 Å². The third-order valence-electron chi connectivity index (χ3n) is 3.40. The molecule has 0 saturated heterocycles. The summed E-state index contributed by atoms with van der Waals surface area (Å²) < 4.78 is 5.19. The van der Waals surface area contributed by atoms with Gasteiger partial charge in [-0.25, -0.2) is 0 Å². The molecule has 8 heteroatoms. The number of halogens is 2. The number of rotatable bonds is 7. The van der Waals surface area contributed by atoms with Crippen molar-refractivity contribution in [2.45, 2.75) is 12.2 Å². The van der Waals surface area contributed by atoms with Crippen molar-refractivity contribution in [1.29, 1.82) is 0 Å². The third kappa shape index (κ3) is 5.83. The molecule has 0 spiro atoms. The Hall–Kier alpha value is -1.89. The zero-order valence-electron chi connectivity index (χ0n) is 14.2. The van der Waals surface area contributed by atoms with Crippen LogP contribution < -0.4 is 15.4 Å². The van der Waals surface area contributed by atoms with Gasteiger partial charge in [0, 0.05) is 5.02 Å². The second kappa shape index (κ2) is 9.71. The van der Waals surface area contributed by atoms with E-state index in [1.165, 1.54) is 18.9 Å². The number of thioether (sulfide) groups is 1. The van der Waals surface area contributed by atoms with Crippen LogP contribution in [-0.4, -0.2) is 29.9 Å². The minimum Gasteiger partial charge on any atom is -0.495 e. The Balaban J connectivity index is 1.87. The molecule has 2 rings (SSSR count). The predicted molar refractivity (Wildman–Crippen MR) is 109 cm³/mol. The fraction of sp³-hybridized carbons (Fsp3) is 0.222. The Morgan fingerprint density at radius 3 is 2.58 bits per heavy atom. The molecule has 1 unspecified atom stereocenters. The van der Waals surface area contributed by atoms with Crippen LogP contribution in [0.25, 0.3) is 0 Å². The third-order valence-corrected chi connectivity index (χ3v) is 5.11. The maximum Gasteiger partial charge on any atom is 0.237 e. The van der Waals surface area contributed by atoms with Crippen molar-refractivity contribution in [1.82, 2.24) is 0 Å². The fourth-order valence-corrected chi connectivity index (χ4v) is 3.06. The van der Waals surface area contributed by atoms with Crippen molar-refractivity contribution in [3.05, 3.63) is 52.5 Å². The summed E-state index contributed by atoms with van der Waals surface area (Å²) in [5.74, 6) is 0.215. The van der Waals surface area contributed by atoms with E-state index >= 15 is 0 Å². The molecule has 0 aromatic heterocycles. The summed E-state index contributed by atoms with van der Waals surface area (Å²) in [6.45, 7) is 1.72. The molecular weight excluding hydrogens is 395 g/mol. The summed E-state index contributed by atoms with van der Waals surface area (Å²) >= 11 is 13.2. The number of carbonyl (C=O) groups excluding carboxylic acids is 2. The first-order valence-corrected chi connectivity index (χ1v) is 9.51. The fourth-order valence-electron chi connectivity index (χ4n) is 2.04. The molecule has 0 aliphatic carbocycles. The summed E-state index contributed by atoms with van der Waals surface area (Å²) in [7, 11) is 1.53. The van der Waals surface area contributed by atoms with E-state index in [2.05, 4.69) is 10.6 Å². The van der Waals surface area contributed by atoms with E-state index < -0.39 is 5.25 Å². The highest BCUT2D eigenvalue weighted by atomic mass is 35.5. The van der Waals surface area contributed by atoms with Crippen molar-refractivity contribution in [3.63, 3.8) is 0 Å². The number of nitrogens with one attached hydrogen (secondary N) is 2. The monoisotopic (exact) mass is 412 g/mol. The predicted octanol–water partition coefficient (Wildman–Crippen LogP) is 4.70. The Morgan fingerprint density at radius 1 is 1.12 bits per heavy atom. The number of methoxy groups -OCH3 is 1. The van der Waals surface area contributed by atoms with Crippen molar-refractivity contribution in [2.75, 3.05) is 23.5 Å². The summed E-state index contributed by atoms with van der Waals surface area (Å²) in [4.78, 5) is 24.4. The van der Waals surface area contributed by atoms with Crippen molar-refractivity contribution in [3.8, 4) is 5.75 Å². The highest BCUT2D eigenvalue weighted by Gasteiger charge is 2.17. The number of hydrogen-bond acceptors (Lipinski definition) is 4. The van der Waals surface area contributed by atoms with Gasteiger partial charge in [-0.1, -0.05) is 35.3 Å². The van der Waals surface area contributed by atoms with Crippen LogP contribution in [0.15, 0.2) is 42.5 Å². The topological polar surface area (TPSA) is 67.4 Å². The summed E-state index contributed by atoms with van der Waals surface area (Å²) in [5, 5.41) is 5.90. The van der Waals surface area contributed by atoms with Crippen LogP contribution in [0.5, 0.6) is 5.75 Å². The zero-order valence-corrected chi connectivity index (χ0v) is 16.5. The number of benzene rings is 2. The molecule has 5 nitrogen and oxygen atoms in total. The molecule has 0 aliphatic heterocycles. The number of carbonyl (C=O) groups is 2. The molecule has 138 valence electrons. The average Bonchev–Trinajstić information content (AvgIpc) is 2.63. The maximum atomic E-state index is 12.3.